The van der Waals surface area contributed by atoms with E-state index in [1.54, 1.807) is 18.2 Å². The Labute approximate surface area is 317 Å². The number of amides is 1. The average Bonchev–Trinajstić information content (AvgIpc) is 3.54. The quantitative estimate of drug-likeness (QED) is 0.228. The summed E-state index contributed by atoms with van der Waals surface area (Å²) in [4.78, 5) is 26.7. The second-order valence-corrected chi connectivity index (χ2v) is 17.3. The van der Waals surface area contributed by atoms with E-state index in [0.717, 1.165) is 25.8 Å². The summed E-state index contributed by atoms with van der Waals surface area (Å²) in [7, 11) is 4.10. The number of carboxylic acids is 1. The molecule has 0 spiro atoms. The minimum Gasteiger partial charge on any atom is -0.478 e. The zero-order valence-electron chi connectivity index (χ0n) is 33.6. The van der Waals surface area contributed by atoms with Crippen LogP contribution in [0.5, 0.6) is 0 Å². The predicted octanol–water partition coefficient (Wildman–Crippen LogP) is 9.99. The van der Waals surface area contributed by atoms with Crippen LogP contribution >= 0.6 is 0 Å². The van der Waals surface area contributed by atoms with Gasteiger partial charge in [-0.3, -0.25) is 4.79 Å². The van der Waals surface area contributed by atoms with Gasteiger partial charge in [-0.25, -0.2) is 4.79 Å². The molecular weight excluding hydrogens is 641 g/mol. The molecule has 5 aliphatic carbocycles. The van der Waals surface area contributed by atoms with Gasteiger partial charge >= 0.3 is 5.97 Å². The minimum atomic E-state index is -0.865. The zero-order chi connectivity index (χ0) is 39.7. The van der Waals surface area contributed by atoms with E-state index in [2.05, 4.69) is 96.0 Å². The first-order valence-corrected chi connectivity index (χ1v) is 19.2. The van der Waals surface area contributed by atoms with Gasteiger partial charge in [-0.05, 0) is 147 Å². The Hall–Kier alpha value is -3.72. The maximum atomic E-state index is 13.2. The summed E-state index contributed by atoms with van der Waals surface area (Å²) in [6.07, 6.45) is 41.2. The van der Waals surface area contributed by atoms with Gasteiger partial charge in [0.15, 0.2) is 0 Å². The molecule has 0 saturated heterocycles. The molecule has 0 bridgehead atoms. The van der Waals surface area contributed by atoms with E-state index in [1.165, 1.54) is 56.1 Å². The Morgan fingerprint density at radius 2 is 1.44 bits per heavy atom. The van der Waals surface area contributed by atoms with Crippen molar-refractivity contribution in [1.82, 2.24) is 10.2 Å². The van der Waals surface area contributed by atoms with Gasteiger partial charge < -0.3 is 15.3 Å². The average molecular weight is 709 g/mol. The first-order valence-electron chi connectivity index (χ1n) is 19.2. The van der Waals surface area contributed by atoms with Crippen molar-refractivity contribution in [3.63, 3.8) is 0 Å². The van der Waals surface area contributed by atoms with Crippen LogP contribution in [0.1, 0.15) is 128 Å². The predicted molar refractivity (Wildman–Crippen MR) is 219 cm³/mol. The van der Waals surface area contributed by atoms with Gasteiger partial charge in [-0.15, -0.1) is 45.1 Å². The Morgan fingerprint density at radius 1 is 0.846 bits per heavy atom. The van der Waals surface area contributed by atoms with Crippen LogP contribution in [-0.4, -0.2) is 48.1 Å². The number of terminal acetylenes is 3. The molecular formula is C47H68N2O3. The number of allylic oxidation sites excluding steroid dienone is 3. The summed E-state index contributed by atoms with van der Waals surface area (Å²) in [6.45, 7) is 18.9. The van der Waals surface area contributed by atoms with Crippen molar-refractivity contribution >= 4 is 17.4 Å². The molecule has 0 radical (unpaired) electrons. The smallest absolute Gasteiger partial charge is 0.335 e. The maximum absolute atomic E-state index is 13.2. The molecule has 2 N–H and O–H groups in total. The summed E-state index contributed by atoms with van der Waals surface area (Å²) in [6, 6.07) is 7.57. The minimum absolute atomic E-state index is 0.0124. The molecule has 1 amide bonds. The number of benzene rings is 1. The summed E-state index contributed by atoms with van der Waals surface area (Å²) < 4.78 is 0. The third kappa shape index (κ3) is 7.80. The fourth-order valence-corrected chi connectivity index (χ4v) is 12.3. The van der Waals surface area contributed by atoms with Crippen molar-refractivity contribution in [2.45, 2.75) is 118 Å². The van der Waals surface area contributed by atoms with Crippen molar-refractivity contribution < 1.29 is 14.7 Å². The fraction of sp³-hybridized carbons (Fsp3) is 0.617. The molecule has 3 unspecified atom stereocenters. The summed E-state index contributed by atoms with van der Waals surface area (Å²) in [5.74, 6) is 1.98. The number of carbonyl (C=O) groups is 2. The van der Waals surface area contributed by atoms with E-state index in [9.17, 15) is 14.7 Å². The molecule has 0 aliphatic heterocycles. The number of carboxylic acid groups (broad SMARTS) is 1. The first kappa shape index (κ1) is 44.4. The van der Waals surface area contributed by atoms with E-state index in [-0.39, 0.29) is 22.3 Å². The molecule has 5 aliphatic rings. The largest absolute Gasteiger partial charge is 0.478 e. The van der Waals surface area contributed by atoms with E-state index >= 15 is 0 Å². The Bertz CT molecular complexity index is 1470. The fourth-order valence-electron chi connectivity index (χ4n) is 12.3. The summed E-state index contributed by atoms with van der Waals surface area (Å²) in [5.41, 5.74) is 3.83. The van der Waals surface area contributed by atoms with Gasteiger partial charge in [0.2, 0.25) is 5.91 Å². The Kier molecular flexibility index (Phi) is 15.3. The second kappa shape index (κ2) is 17.9. The third-order valence-corrected chi connectivity index (χ3v) is 14.6. The lowest BCUT2D eigenvalue weighted by Crippen LogP contribution is -2.67. The topological polar surface area (TPSA) is 69.6 Å². The summed E-state index contributed by atoms with van der Waals surface area (Å²) >= 11 is 0. The van der Waals surface area contributed by atoms with Crippen LogP contribution in [0.15, 0.2) is 43.0 Å². The van der Waals surface area contributed by atoms with Crippen molar-refractivity contribution in [2.75, 3.05) is 20.6 Å². The molecule has 4 saturated carbocycles. The van der Waals surface area contributed by atoms with Gasteiger partial charge in [0.25, 0.3) is 0 Å². The molecule has 5 nitrogen and oxygen atoms in total. The Balaban J connectivity index is 0.000000960. The highest BCUT2D eigenvalue weighted by atomic mass is 16.4. The highest BCUT2D eigenvalue weighted by Crippen LogP contribution is 2.76. The molecule has 0 aromatic heterocycles. The lowest BCUT2D eigenvalue weighted by atomic mass is 9.33. The van der Waals surface area contributed by atoms with Crippen LogP contribution in [0, 0.1) is 83.9 Å². The van der Waals surface area contributed by atoms with Crippen LogP contribution in [0.2, 0.25) is 0 Å². The lowest BCUT2D eigenvalue weighted by molar-refractivity contribution is -0.217. The van der Waals surface area contributed by atoms with Gasteiger partial charge in [0.1, 0.15) is 0 Å². The number of nitrogens with zero attached hydrogens (tertiary/aromatic N) is 1. The number of hydrogen-bond donors (Lipinski definition) is 2. The SMILES string of the molecule is C#C.C#C.C#C.C=CC.CN(C)CCC(=O)N[C@]12CCCC1[C@H]1CCC3[C@@]4(C)CC=C(c5ccc(C(=O)O)cc5)C(C)(C)C4CC[C@@]3(C)[C@]1(C)CC2. The molecule has 52 heavy (non-hydrogen) atoms. The van der Waals surface area contributed by atoms with Crippen molar-refractivity contribution in [2.24, 2.45) is 45.3 Å². The maximum Gasteiger partial charge on any atom is 0.335 e. The molecule has 1 aromatic carbocycles. The van der Waals surface area contributed by atoms with Crippen LogP contribution in [-0.2, 0) is 4.79 Å². The van der Waals surface area contributed by atoms with Crippen LogP contribution in [0.25, 0.3) is 5.57 Å². The van der Waals surface area contributed by atoms with Crippen LogP contribution in [0.4, 0.5) is 0 Å². The van der Waals surface area contributed by atoms with Crippen molar-refractivity contribution in [3.05, 3.63) is 54.1 Å². The summed E-state index contributed by atoms with van der Waals surface area (Å²) in [5, 5.41) is 13.1. The molecule has 6 rings (SSSR count). The van der Waals surface area contributed by atoms with E-state index in [4.69, 9.17) is 0 Å². The highest BCUT2D eigenvalue weighted by Gasteiger charge is 2.69. The van der Waals surface area contributed by atoms with Gasteiger partial charge in [-0.2, -0.15) is 0 Å². The first-order chi connectivity index (χ1) is 24.6. The molecule has 8 atom stereocenters. The van der Waals surface area contributed by atoms with Gasteiger partial charge in [-0.1, -0.05) is 65.3 Å². The number of carbonyl (C=O) groups excluding carboxylic acids is 1. The molecule has 1 aromatic rings. The van der Waals surface area contributed by atoms with E-state index < -0.39 is 5.97 Å². The van der Waals surface area contributed by atoms with Crippen LogP contribution < -0.4 is 5.32 Å². The zero-order valence-corrected chi connectivity index (χ0v) is 33.6. The molecule has 284 valence electrons. The highest BCUT2D eigenvalue weighted by molar-refractivity contribution is 5.88. The van der Waals surface area contributed by atoms with Crippen molar-refractivity contribution in [1.29, 1.82) is 0 Å². The van der Waals surface area contributed by atoms with Gasteiger partial charge in [0.05, 0.1) is 5.56 Å². The number of fused-ring (bicyclic) bond motifs is 7. The molecule has 5 heteroatoms. The second-order valence-electron chi connectivity index (χ2n) is 17.3. The molecule has 4 fully saturated rings. The Morgan fingerprint density at radius 3 is 2.00 bits per heavy atom. The number of nitrogens with one attached hydrogen (secondary N) is 1. The van der Waals surface area contributed by atoms with Gasteiger partial charge in [0, 0.05) is 18.5 Å². The van der Waals surface area contributed by atoms with Crippen LogP contribution in [0.3, 0.4) is 0 Å². The van der Waals surface area contributed by atoms with Crippen molar-refractivity contribution in [3.8, 4) is 38.5 Å². The van der Waals surface area contributed by atoms with E-state index in [1.807, 2.05) is 33.2 Å². The number of aromatic carboxylic acids is 1. The number of rotatable bonds is 6. The normalized spacial score (nSPS) is 34.6. The lowest BCUT2D eigenvalue weighted by Gasteiger charge is -2.72. The standard InChI is InChI=1S/C38H56N2O3.C3H6.3C2H2/c1-34(2)27(25-10-12-26(13-11-25)33(42)43)16-20-35(3)30(34)17-21-37(5)31(35)15-14-28-29-9-8-19-38(29,23-22-36(28,37)4)39-32(41)18-24-40(6)7;1-3-2;3*1-2/h10-13,16,28-31H,8-9,14-15,17-24H2,1-7H3,(H,39,41)(H,42,43);3H,1H2,2H3;3*1-2H/t28-,29?,30?,31?,35+,36-,37-,38+;;;;/m1..../s1. The monoisotopic (exact) mass is 709 g/mol. The third-order valence-electron chi connectivity index (χ3n) is 14.6. The number of hydrogen-bond acceptors (Lipinski definition) is 3. The molecule has 0 heterocycles. The van der Waals surface area contributed by atoms with E-state index in [0.29, 0.717) is 46.5 Å².